The Morgan fingerprint density at radius 1 is 1.03 bits per heavy atom. The van der Waals surface area contributed by atoms with Crippen molar-refractivity contribution in [1.82, 2.24) is 4.98 Å². The molecule has 0 bridgehead atoms. The molecule has 0 unspecified atom stereocenters. The van der Waals surface area contributed by atoms with Gasteiger partial charge in [0.2, 0.25) is 5.91 Å². The zero-order chi connectivity index (χ0) is 22.2. The van der Waals surface area contributed by atoms with E-state index < -0.39 is 5.97 Å². The number of carboxylic acids is 1. The molecule has 3 rings (SSSR count). The molecule has 1 aromatic heterocycles. The predicted molar refractivity (Wildman–Crippen MR) is 124 cm³/mol. The quantitative estimate of drug-likeness (QED) is 0.434. The van der Waals surface area contributed by atoms with Gasteiger partial charge in [0.05, 0.1) is 0 Å². The molecule has 3 aromatic rings. The van der Waals surface area contributed by atoms with Crippen molar-refractivity contribution in [2.75, 3.05) is 4.90 Å². The summed E-state index contributed by atoms with van der Waals surface area (Å²) in [4.78, 5) is 29.2. The normalized spacial score (nSPS) is 11.2. The molecule has 6 heteroatoms. The monoisotopic (exact) mass is 434 g/mol. The van der Waals surface area contributed by atoms with Crippen LogP contribution < -0.4 is 4.90 Å². The van der Waals surface area contributed by atoms with Crippen LogP contribution >= 0.6 is 11.6 Å². The second-order valence-electron chi connectivity index (χ2n) is 7.03. The van der Waals surface area contributed by atoms with Crippen molar-refractivity contribution in [3.8, 4) is 0 Å². The molecule has 0 fully saturated rings. The zero-order valence-electron chi connectivity index (χ0n) is 17.2. The average Bonchev–Trinajstić information content (AvgIpc) is 2.76. The highest BCUT2D eigenvalue weighted by molar-refractivity contribution is 6.30. The van der Waals surface area contributed by atoms with E-state index in [0.717, 1.165) is 28.1 Å². The summed E-state index contributed by atoms with van der Waals surface area (Å²) in [5, 5.41) is 9.51. The number of benzene rings is 2. The number of aliphatic carboxylic acids is 1. The summed E-state index contributed by atoms with van der Waals surface area (Å²) in [5.74, 6) is -0.925. The molecule has 1 amide bonds. The molecule has 0 atom stereocenters. The van der Waals surface area contributed by atoms with Gasteiger partial charge >= 0.3 is 5.97 Å². The molecular weight excluding hydrogens is 412 g/mol. The van der Waals surface area contributed by atoms with Crippen molar-refractivity contribution in [2.24, 2.45) is 0 Å². The van der Waals surface area contributed by atoms with E-state index >= 15 is 0 Å². The Hall–Kier alpha value is -3.44. The highest BCUT2D eigenvalue weighted by Gasteiger charge is 2.16. The Balaban J connectivity index is 2.00. The lowest BCUT2D eigenvalue weighted by Crippen LogP contribution is -2.22. The van der Waals surface area contributed by atoms with Crippen molar-refractivity contribution in [1.29, 1.82) is 0 Å². The number of nitrogens with zero attached hydrogens (tertiary/aromatic N) is 2. The maximum atomic E-state index is 12.5. The molecule has 0 spiro atoms. The summed E-state index contributed by atoms with van der Waals surface area (Å²) >= 11 is 6.00. The van der Waals surface area contributed by atoms with E-state index in [1.807, 2.05) is 42.5 Å². The number of carboxylic acid groups (broad SMARTS) is 1. The number of rotatable bonds is 8. The number of amides is 1. The van der Waals surface area contributed by atoms with E-state index in [9.17, 15) is 9.59 Å². The van der Waals surface area contributed by atoms with Crippen LogP contribution in [-0.2, 0) is 9.59 Å². The molecule has 158 valence electrons. The fourth-order valence-electron chi connectivity index (χ4n) is 3.34. The number of halogens is 1. The van der Waals surface area contributed by atoms with E-state index in [0.29, 0.717) is 17.9 Å². The molecular formula is C25H23ClN2O3. The first-order chi connectivity index (χ1) is 15.0. The molecule has 1 N–H and O–H groups in total. The smallest absolute Gasteiger partial charge is 0.303 e. The van der Waals surface area contributed by atoms with Crippen molar-refractivity contribution < 1.29 is 14.7 Å². The third-order valence-electron chi connectivity index (χ3n) is 4.73. The first-order valence-corrected chi connectivity index (χ1v) is 10.3. The molecule has 1 heterocycles. The van der Waals surface area contributed by atoms with Crippen LogP contribution in [0.4, 0.5) is 11.4 Å². The SMILES string of the molecule is CC(=O)N(c1ccc(Cl)cc1)c1cccc(/C(=C/CCCC(=O)O)c2cccnc2)c1. The van der Waals surface area contributed by atoms with E-state index in [4.69, 9.17) is 16.7 Å². The number of hydrogen-bond donors (Lipinski definition) is 1. The largest absolute Gasteiger partial charge is 0.481 e. The van der Waals surface area contributed by atoms with Crippen LogP contribution in [0.3, 0.4) is 0 Å². The third-order valence-corrected chi connectivity index (χ3v) is 4.98. The first kappa shape index (κ1) is 22.2. The lowest BCUT2D eigenvalue weighted by atomic mass is 9.97. The number of unbranched alkanes of at least 4 members (excludes halogenated alkanes) is 1. The molecule has 0 aliphatic heterocycles. The molecule has 31 heavy (non-hydrogen) atoms. The lowest BCUT2D eigenvalue weighted by molar-refractivity contribution is -0.137. The van der Waals surface area contributed by atoms with E-state index in [2.05, 4.69) is 4.98 Å². The van der Waals surface area contributed by atoms with Crippen molar-refractivity contribution in [2.45, 2.75) is 26.2 Å². The predicted octanol–water partition coefficient (Wildman–Crippen LogP) is 6.11. The summed E-state index contributed by atoms with van der Waals surface area (Å²) in [6.07, 6.45) is 6.79. The minimum atomic E-state index is -0.807. The summed E-state index contributed by atoms with van der Waals surface area (Å²) in [6.45, 7) is 1.52. The van der Waals surface area contributed by atoms with Crippen molar-refractivity contribution in [3.05, 3.63) is 95.3 Å². The van der Waals surface area contributed by atoms with Crippen LogP contribution in [0.15, 0.2) is 79.1 Å². The van der Waals surface area contributed by atoms with Gasteiger partial charge in [-0.1, -0.05) is 35.9 Å². The fourth-order valence-corrected chi connectivity index (χ4v) is 3.47. The second kappa shape index (κ2) is 10.5. The topological polar surface area (TPSA) is 70.5 Å². The standard InChI is InChI=1S/C25H23ClN2O3/c1-18(29)28(22-13-11-21(26)12-14-22)23-8-4-6-19(16-23)24(9-2-3-10-25(30)31)20-7-5-15-27-17-20/h4-9,11-17H,2-3,10H2,1H3,(H,30,31)/b24-9-. The molecule has 0 aliphatic carbocycles. The van der Waals surface area contributed by atoms with Crippen LogP contribution in [0.25, 0.3) is 5.57 Å². The molecule has 2 aromatic carbocycles. The highest BCUT2D eigenvalue weighted by Crippen LogP contribution is 2.31. The Kier molecular flexibility index (Phi) is 7.57. The Labute approximate surface area is 186 Å². The van der Waals surface area contributed by atoms with Gasteiger partial charge in [0, 0.05) is 47.7 Å². The van der Waals surface area contributed by atoms with Gasteiger partial charge in [-0.2, -0.15) is 0 Å². The van der Waals surface area contributed by atoms with Crippen molar-refractivity contribution >= 4 is 40.4 Å². The van der Waals surface area contributed by atoms with E-state index in [1.165, 1.54) is 6.92 Å². The maximum Gasteiger partial charge on any atom is 0.303 e. The summed E-state index contributed by atoms with van der Waals surface area (Å²) in [6, 6.07) is 18.6. The number of pyridine rings is 1. The Morgan fingerprint density at radius 2 is 1.77 bits per heavy atom. The van der Waals surface area contributed by atoms with E-state index in [1.54, 1.807) is 41.6 Å². The van der Waals surface area contributed by atoms with Crippen LogP contribution in [0, 0.1) is 0 Å². The summed E-state index contributed by atoms with van der Waals surface area (Å²) in [7, 11) is 0. The maximum absolute atomic E-state index is 12.5. The first-order valence-electron chi connectivity index (χ1n) is 9.95. The molecule has 5 nitrogen and oxygen atoms in total. The lowest BCUT2D eigenvalue weighted by Gasteiger charge is -2.22. The molecule has 0 saturated carbocycles. The van der Waals surface area contributed by atoms with Crippen LogP contribution in [0.5, 0.6) is 0 Å². The van der Waals surface area contributed by atoms with Gasteiger partial charge in [0.25, 0.3) is 0 Å². The minimum Gasteiger partial charge on any atom is -0.481 e. The van der Waals surface area contributed by atoms with Gasteiger partial charge in [0.1, 0.15) is 0 Å². The summed E-state index contributed by atoms with van der Waals surface area (Å²) in [5.41, 5.74) is 4.24. The number of allylic oxidation sites excluding steroid dienone is 1. The Morgan fingerprint density at radius 3 is 2.42 bits per heavy atom. The van der Waals surface area contributed by atoms with Gasteiger partial charge in [-0.3, -0.25) is 19.5 Å². The third kappa shape index (κ3) is 6.03. The minimum absolute atomic E-state index is 0.117. The molecule has 0 aliphatic rings. The highest BCUT2D eigenvalue weighted by atomic mass is 35.5. The van der Waals surface area contributed by atoms with Gasteiger partial charge in [0.15, 0.2) is 0 Å². The van der Waals surface area contributed by atoms with Crippen LogP contribution in [0.1, 0.15) is 37.3 Å². The summed E-state index contributed by atoms with van der Waals surface area (Å²) < 4.78 is 0. The van der Waals surface area contributed by atoms with Gasteiger partial charge in [-0.15, -0.1) is 0 Å². The van der Waals surface area contributed by atoms with Crippen LogP contribution in [-0.4, -0.2) is 22.0 Å². The number of carbonyl (C=O) groups excluding carboxylic acids is 1. The van der Waals surface area contributed by atoms with Crippen LogP contribution in [0.2, 0.25) is 5.02 Å². The fraction of sp³-hybridized carbons (Fsp3) is 0.160. The molecule has 0 saturated heterocycles. The number of hydrogen-bond acceptors (Lipinski definition) is 3. The average molecular weight is 435 g/mol. The van der Waals surface area contributed by atoms with Gasteiger partial charge in [-0.25, -0.2) is 0 Å². The Bertz CT molecular complexity index is 1080. The number of carbonyl (C=O) groups is 2. The second-order valence-corrected chi connectivity index (χ2v) is 7.46. The van der Waals surface area contributed by atoms with Crippen molar-refractivity contribution in [3.63, 3.8) is 0 Å². The zero-order valence-corrected chi connectivity index (χ0v) is 17.9. The van der Waals surface area contributed by atoms with E-state index in [-0.39, 0.29) is 12.3 Å². The number of aromatic nitrogens is 1. The van der Waals surface area contributed by atoms with Gasteiger partial charge < -0.3 is 5.11 Å². The number of anilines is 2. The van der Waals surface area contributed by atoms with Gasteiger partial charge in [-0.05, 0) is 66.4 Å². The molecule has 0 radical (unpaired) electrons.